The number of ether oxygens (including phenoxy) is 1. The number of nitrogens with zero attached hydrogens (tertiary/aromatic N) is 2. The zero-order chi connectivity index (χ0) is 13.2. The highest BCUT2D eigenvalue weighted by atomic mass is 32.1. The molecule has 2 heterocycles. The maximum Gasteiger partial charge on any atom is 0.244 e. The first-order valence-electron chi connectivity index (χ1n) is 5.74. The fourth-order valence-electron chi connectivity index (χ4n) is 1.86. The summed E-state index contributed by atoms with van der Waals surface area (Å²) in [6, 6.07) is 7.14. The summed E-state index contributed by atoms with van der Waals surface area (Å²) in [5.41, 5.74) is 1.38. The molecule has 0 aliphatic carbocycles. The maximum absolute atomic E-state index is 9.43. The van der Waals surface area contributed by atoms with E-state index in [1.807, 2.05) is 17.6 Å². The number of aromatic nitrogens is 2. The highest BCUT2D eigenvalue weighted by Crippen LogP contribution is 2.28. The van der Waals surface area contributed by atoms with E-state index in [1.54, 1.807) is 22.6 Å². The molecule has 0 saturated heterocycles. The van der Waals surface area contributed by atoms with Gasteiger partial charge in [-0.3, -0.25) is 4.40 Å². The maximum atomic E-state index is 9.43. The highest BCUT2D eigenvalue weighted by Gasteiger charge is 2.14. The Hall–Kier alpha value is -1.89. The molecule has 19 heavy (non-hydrogen) atoms. The second-order valence-electron chi connectivity index (χ2n) is 3.98. The molecule has 0 aliphatic heterocycles. The van der Waals surface area contributed by atoms with Gasteiger partial charge in [0.25, 0.3) is 0 Å². The Labute approximate surface area is 113 Å². The van der Waals surface area contributed by atoms with Crippen LogP contribution in [0.1, 0.15) is 11.3 Å². The van der Waals surface area contributed by atoms with Gasteiger partial charge in [0.15, 0.2) is 4.96 Å². The number of hydrogen-bond donors (Lipinski definition) is 2. The lowest BCUT2D eigenvalue weighted by atomic mass is 10.2. The molecular weight excluding hydrogens is 264 g/mol. The van der Waals surface area contributed by atoms with Crippen LogP contribution in [0, 0.1) is 0 Å². The van der Waals surface area contributed by atoms with E-state index >= 15 is 0 Å². The number of fused-ring (bicyclic) bond motifs is 1. The van der Waals surface area contributed by atoms with E-state index in [2.05, 4.69) is 4.98 Å². The minimum absolute atomic E-state index is 0.0393. The molecule has 0 saturated carbocycles. The van der Waals surface area contributed by atoms with E-state index < -0.39 is 0 Å². The van der Waals surface area contributed by atoms with Gasteiger partial charge in [0.1, 0.15) is 11.4 Å². The third-order valence-corrected chi connectivity index (χ3v) is 3.53. The molecule has 3 aromatic rings. The lowest BCUT2D eigenvalue weighted by Crippen LogP contribution is -1.94. The number of aliphatic hydroxyl groups excluding tert-OH is 2. The van der Waals surface area contributed by atoms with E-state index in [0.717, 1.165) is 10.5 Å². The van der Waals surface area contributed by atoms with Gasteiger partial charge in [0.2, 0.25) is 5.88 Å². The molecule has 1 aromatic carbocycles. The van der Waals surface area contributed by atoms with Crippen LogP contribution in [-0.2, 0) is 13.2 Å². The number of thiazole rings is 1. The van der Waals surface area contributed by atoms with E-state index in [-0.39, 0.29) is 13.2 Å². The summed E-state index contributed by atoms with van der Waals surface area (Å²) < 4.78 is 7.49. The van der Waals surface area contributed by atoms with E-state index in [9.17, 15) is 5.11 Å². The van der Waals surface area contributed by atoms with Crippen LogP contribution >= 0.6 is 11.3 Å². The molecule has 0 bridgehead atoms. The van der Waals surface area contributed by atoms with Gasteiger partial charge in [-0.2, -0.15) is 4.98 Å². The number of imidazole rings is 1. The summed E-state index contributed by atoms with van der Waals surface area (Å²) >= 11 is 1.48. The van der Waals surface area contributed by atoms with Crippen LogP contribution in [0.3, 0.4) is 0 Å². The Balaban J connectivity index is 1.97. The van der Waals surface area contributed by atoms with Gasteiger partial charge < -0.3 is 14.9 Å². The Morgan fingerprint density at radius 2 is 2.16 bits per heavy atom. The quantitative estimate of drug-likeness (QED) is 0.766. The predicted molar refractivity (Wildman–Crippen MR) is 71.4 cm³/mol. The normalized spacial score (nSPS) is 11.1. The van der Waals surface area contributed by atoms with Crippen molar-refractivity contribution in [3.63, 3.8) is 0 Å². The van der Waals surface area contributed by atoms with Crippen molar-refractivity contribution in [3.05, 3.63) is 47.1 Å². The van der Waals surface area contributed by atoms with Crippen molar-refractivity contribution in [3.8, 4) is 11.6 Å². The molecule has 0 aliphatic rings. The second kappa shape index (κ2) is 5.00. The van der Waals surface area contributed by atoms with Gasteiger partial charge in [0, 0.05) is 11.6 Å². The van der Waals surface area contributed by atoms with Gasteiger partial charge in [0.05, 0.1) is 13.2 Å². The monoisotopic (exact) mass is 276 g/mol. The molecule has 5 nitrogen and oxygen atoms in total. The second-order valence-corrected chi connectivity index (χ2v) is 4.86. The Bertz CT molecular complexity index is 705. The molecule has 2 N–H and O–H groups in total. The first kappa shape index (κ1) is 12.2. The fraction of sp³-hybridized carbons (Fsp3) is 0.154. The molecular formula is C13H12N2O3S. The Morgan fingerprint density at radius 1 is 1.26 bits per heavy atom. The van der Waals surface area contributed by atoms with Gasteiger partial charge in [-0.25, -0.2) is 0 Å². The minimum atomic E-state index is -0.146. The van der Waals surface area contributed by atoms with E-state index in [1.165, 1.54) is 11.3 Å². The Kier molecular flexibility index (Phi) is 3.20. The summed E-state index contributed by atoms with van der Waals surface area (Å²) in [4.78, 5) is 5.11. The van der Waals surface area contributed by atoms with Crippen molar-refractivity contribution in [2.45, 2.75) is 13.2 Å². The summed E-state index contributed by atoms with van der Waals surface area (Å²) in [7, 11) is 0. The largest absolute Gasteiger partial charge is 0.437 e. The molecule has 0 unspecified atom stereocenters. The third kappa shape index (κ3) is 2.21. The molecule has 6 heteroatoms. The molecule has 0 radical (unpaired) electrons. The molecule has 2 aromatic heterocycles. The van der Waals surface area contributed by atoms with Crippen molar-refractivity contribution in [2.24, 2.45) is 0 Å². The van der Waals surface area contributed by atoms with Crippen LogP contribution in [0.4, 0.5) is 0 Å². The molecule has 0 spiro atoms. The van der Waals surface area contributed by atoms with Crippen LogP contribution in [-0.4, -0.2) is 19.6 Å². The smallest absolute Gasteiger partial charge is 0.244 e. The van der Waals surface area contributed by atoms with Crippen LogP contribution in [0.15, 0.2) is 35.8 Å². The fourth-order valence-corrected chi connectivity index (χ4v) is 2.58. The summed E-state index contributed by atoms with van der Waals surface area (Å²) in [6.45, 7) is -0.185. The van der Waals surface area contributed by atoms with Crippen LogP contribution in [0.2, 0.25) is 0 Å². The van der Waals surface area contributed by atoms with Crippen molar-refractivity contribution >= 4 is 16.3 Å². The first-order chi connectivity index (χ1) is 9.31. The molecule has 98 valence electrons. The minimum Gasteiger partial charge on any atom is -0.437 e. The summed E-state index contributed by atoms with van der Waals surface area (Å²) in [5, 5.41) is 20.4. The van der Waals surface area contributed by atoms with Crippen molar-refractivity contribution in [2.75, 3.05) is 0 Å². The summed E-state index contributed by atoms with van der Waals surface area (Å²) in [5.74, 6) is 0.983. The molecule has 0 atom stereocenters. The van der Waals surface area contributed by atoms with Gasteiger partial charge >= 0.3 is 0 Å². The van der Waals surface area contributed by atoms with Gasteiger partial charge in [-0.1, -0.05) is 12.1 Å². The number of benzene rings is 1. The molecule has 3 rings (SSSR count). The third-order valence-electron chi connectivity index (χ3n) is 2.77. The number of rotatable bonds is 4. The predicted octanol–water partition coefficient (Wildman–Crippen LogP) is 2.17. The van der Waals surface area contributed by atoms with Gasteiger partial charge in [-0.15, -0.1) is 11.3 Å². The van der Waals surface area contributed by atoms with Crippen molar-refractivity contribution in [1.29, 1.82) is 0 Å². The van der Waals surface area contributed by atoms with E-state index in [4.69, 9.17) is 9.84 Å². The van der Waals surface area contributed by atoms with Crippen LogP contribution in [0.5, 0.6) is 11.6 Å². The zero-order valence-electron chi connectivity index (χ0n) is 9.98. The van der Waals surface area contributed by atoms with Crippen molar-refractivity contribution < 1.29 is 14.9 Å². The SMILES string of the molecule is OCc1cccc(Oc2nc3sccn3c2CO)c1. The number of hydrogen-bond acceptors (Lipinski definition) is 5. The Morgan fingerprint density at radius 3 is 2.95 bits per heavy atom. The standard InChI is InChI=1S/C13H12N2O3S/c16-7-9-2-1-3-10(6-9)18-12-11(8-17)15-4-5-19-13(15)14-12/h1-6,16-17H,7-8H2. The lowest BCUT2D eigenvalue weighted by molar-refractivity contribution is 0.269. The first-order valence-corrected chi connectivity index (χ1v) is 6.62. The average molecular weight is 276 g/mol. The van der Waals surface area contributed by atoms with Crippen LogP contribution < -0.4 is 4.74 Å². The zero-order valence-corrected chi connectivity index (χ0v) is 10.8. The number of aliphatic hydroxyl groups is 2. The topological polar surface area (TPSA) is 67.0 Å². The molecule has 0 amide bonds. The highest BCUT2D eigenvalue weighted by molar-refractivity contribution is 7.15. The summed E-state index contributed by atoms with van der Waals surface area (Å²) in [6.07, 6.45) is 1.84. The van der Waals surface area contributed by atoms with Crippen molar-refractivity contribution in [1.82, 2.24) is 9.38 Å². The van der Waals surface area contributed by atoms with E-state index in [0.29, 0.717) is 17.3 Å². The lowest BCUT2D eigenvalue weighted by Gasteiger charge is -2.05. The van der Waals surface area contributed by atoms with Crippen LogP contribution in [0.25, 0.3) is 4.96 Å². The average Bonchev–Trinajstić information content (AvgIpc) is 2.99. The van der Waals surface area contributed by atoms with Gasteiger partial charge in [-0.05, 0) is 17.7 Å². The molecule has 0 fully saturated rings.